The van der Waals surface area contributed by atoms with Gasteiger partial charge >= 0.3 is 5.97 Å². The van der Waals surface area contributed by atoms with Crippen molar-refractivity contribution in [3.05, 3.63) is 58.4 Å². The lowest BCUT2D eigenvalue weighted by Gasteiger charge is -2.09. The summed E-state index contributed by atoms with van der Waals surface area (Å²) in [5, 5.41) is -0.377. The fourth-order valence-electron chi connectivity index (χ4n) is 2.32. The van der Waals surface area contributed by atoms with E-state index < -0.39 is 5.97 Å². The first-order chi connectivity index (χ1) is 12.5. The number of nitrogens with zero attached hydrogens (tertiary/aromatic N) is 1. The van der Waals surface area contributed by atoms with E-state index in [9.17, 15) is 14.4 Å². The SMILES string of the molecule is COC(=O)c1ccc(CN2C(=O)S/C(=C/c3ccc(SC)cc3)C2=O)o1. The number of rotatable bonds is 5. The van der Waals surface area contributed by atoms with Crippen LogP contribution in [0.5, 0.6) is 0 Å². The molecule has 3 rings (SSSR count). The Bertz CT molecular complexity index is 885. The Labute approximate surface area is 158 Å². The van der Waals surface area contributed by atoms with E-state index in [-0.39, 0.29) is 23.5 Å². The van der Waals surface area contributed by atoms with Gasteiger partial charge in [0.1, 0.15) is 5.76 Å². The number of benzene rings is 1. The van der Waals surface area contributed by atoms with Crippen LogP contribution in [0.1, 0.15) is 21.9 Å². The molecule has 6 nitrogen and oxygen atoms in total. The number of furan rings is 1. The van der Waals surface area contributed by atoms with Crippen LogP contribution in [0.25, 0.3) is 6.08 Å². The van der Waals surface area contributed by atoms with E-state index in [1.54, 1.807) is 23.9 Å². The highest BCUT2D eigenvalue weighted by molar-refractivity contribution is 8.18. The number of methoxy groups -OCH3 is 1. The van der Waals surface area contributed by atoms with Gasteiger partial charge in [0.25, 0.3) is 11.1 Å². The van der Waals surface area contributed by atoms with Crippen molar-refractivity contribution in [2.24, 2.45) is 0 Å². The van der Waals surface area contributed by atoms with Gasteiger partial charge in [0.2, 0.25) is 5.76 Å². The summed E-state index contributed by atoms with van der Waals surface area (Å²) in [5.74, 6) is -0.638. The quantitative estimate of drug-likeness (QED) is 0.434. The molecule has 0 atom stereocenters. The highest BCUT2D eigenvalue weighted by Crippen LogP contribution is 2.33. The van der Waals surface area contributed by atoms with Gasteiger partial charge in [0.05, 0.1) is 18.6 Å². The maximum absolute atomic E-state index is 12.5. The van der Waals surface area contributed by atoms with Crippen LogP contribution in [-0.4, -0.2) is 35.4 Å². The summed E-state index contributed by atoms with van der Waals surface area (Å²) in [5.41, 5.74) is 0.847. The average molecular weight is 389 g/mol. The molecule has 134 valence electrons. The predicted octanol–water partition coefficient (Wildman–Crippen LogP) is 4.02. The Kier molecular flexibility index (Phi) is 5.53. The Balaban J connectivity index is 1.75. The van der Waals surface area contributed by atoms with Crippen molar-refractivity contribution in [2.75, 3.05) is 13.4 Å². The fourth-order valence-corrected chi connectivity index (χ4v) is 3.56. The normalized spacial score (nSPS) is 15.8. The monoisotopic (exact) mass is 389 g/mol. The molecule has 0 spiro atoms. The lowest BCUT2D eigenvalue weighted by atomic mass is 10.2. The largest absolute Gasteiger partial charge is 0.463 e. The number of amides is 2. The number of ether oxygens (including phenoxy) is 1. The number of hydrogen-bond donors (Lipinski definition) is 0. The third-order valence-corrected chi connectivity index (χ3v) is 5.30. The third-order valence-electron chi connectivity index (χ3n) is 3.65. The smallest absolute Gasteiger partial charge is 0.373 e. The van der Waals surface area contributed by atoms with Gasteiger partial charge in [-0.1, -0.05) is 12.1 Å². The lowest BCUT2D eigenvalue weighted by Crippen LogP contribution is -2.27. The zero-order valence-electron chi connectivity index (χ0n) is 14.1. The minimum Gasteiger partial charge on any atom is -0.463 e. The molecule has 1 saturated heterocycles. The van der Waals surface area contributed by atoms with Crippen LogP contribution >= 0.6 is 23.5 Å². The predicted molar refractivity (Wildman–Crippen MR) is 99.8 cm³/mol. The molecule has 1 fully saturated rings. The zero-order valence-corrected chi connectivity index (χ0v) is 15.7. The number of carbonyl (C=O) groups is 3. The van der Waals surface area contributed by atoms with Crippen molar-refractivity contribution >= 4 is 46.7 Å². The van der Waals surface area contributed by atoms with E-state index >= 15 is 0 Å². The summed E-state index contributed by atoms with van der Waals surface area (Å²) >= 11 is 2.51. The van der Waals surface area contributed by atoms with Gasteiger partial charge in [0.15, 0.2) is 0 Å². The molecule has 0 saturated carbocycles. The molecule has 0 aliphatic carbocycles. The summed E-state index contributed by atoms with van der Waals surface area (Å²) < 4.78 is 9.89. The van der Waals surface area contributed by atoms with Crippen molar-refractivity contribution < 1.29 is 23.5 Å². The van der Waals surface area contributed by atoms with Gasteiger partial charge in [-0.3, -0.25) is 14.5 Å². The molecule has 26 heavy (non-hydrogen) atoms. The van der Waals surface area contributed by atoms with E-state index in [0.717, 1.165) is 27.1 Å². The molecule has 2 amide bonds. The molecule has 1 aliphatic rings. The molecule has 8 heteroatoms. The molecule has 0 bridgehead atoms. The van der Waals surface area contributed by atoms with Crippen molar-refractivity contribution in [3.63, 3.8) is 0 Å². The third kappa shape index (κ3) is 3.86. The van der Waals surface area contributed by atoms with Crippen molar-refractivity contribution in [3.8, 4) is 0 Å². The minimum absolute atomic E-state index is 0.0268. The zero-order chi connectivity index (χ0) is 18.7. The van der Waals surface area contributed by atoms with Crippen LogP contribution in [0.3, 0.4) is 0 Å². The summed E-state index contributed by atoms with van der Waals surface area (Å²) in [6.07, 6.45) is 3.68. The summed E-state index contributed by atoms with van der Waals surface area (Å²) in [6.45, 7) is -0.0373. The van der Waals surface area contributed by atoms with Gasteiger partial charge < -0.3 is 9.15 Å². The highest BCUT2D eigenvalue weighted by atomic mass is 32.2. The number of thioether (sulfide) groups is 2. The maximum atomic E-state index is 12.5. The topological polar surface area (TPSA) is 76.8 Å². The molecular weight excluding hydrogens is 374 g/mol. The van der Waals surface area contributed by atoms with Crippen LogP contribution in [-0.2, 0) is 16.1 Å². The van der Waals surface area contributed by atoms with Crippen LogP contribution in [0.4, 0.5) is 4.79 Å². The van der Waals surface area contributed by atoms with Gasteiger partial charge in [-0.25, -0.2) is 4.79 Å². The average Bonchev–Trinajstić information content (AvgIpc) is 3.22. The summed E-state index contributed by atoms with van der Waals surface area (Å²) in [6, 6.07) is 10.7. The summed E-state index contributed by atoms with van der Waals surface area (Å²) in [4.78, 5) is 38.7. The number of carbonyl (C=O) groups excluding carboxylic acids is 3. The molecule has 0 radical (unpaired) electrons. The van der Waals surface area contributed by atoms with Crippen LogP contribution in [0.15, 0.2) is 50.6 Å². The maximum Gasteiger partial charge on any atom is 0.373 e. The van der Waals surface area contributed by atoms with E-state index in [1.165, 1.54) is 13.2 Å². The van der Waals surface area contributed by atoms with E-state index in [4.69, 9.17) is 4.42 Å². The molecular formula is C18H15NO5S2. The number of esters is 1. The van der Waals surface area contributed by atoms with E-state index in [1.807, 2.05) is 30.5 Å². The Morgan fingerprint density at radius 2 is 1.96 bits per heavy atom. The van der Waals surface area contributed by atoms with Gasteiger partial charge in [0, 0.05) is 4.90 Å². The second kappa shape index (κ2) is 7.84. The van der Waals surface area contributed by atoms with Crippen molar-refractivity contribution in [1.82, 2.24) is 4.90 Å². The van der Waals surface area contributed by atoms with Gasteiger partial charge in [-0.05, 0) is 53.9 Å². The van der Waals surface area contributed by atoms with Crippen molar-refractivity contribution in [1.29, 1.82) is 0 Å². The van der Waals surface area contributed by atoms with Crippen LogP contribution in [0.2, 0.25) is 0 Å². The second-order valence-corrected chi connectivity index (χ2v) is 7.17. The molecule has 2 heterocycles. The second-order valence-electron chi connectivity index (χ2n) is 5.30. The Morgan fingerprint density at radius 3 is 2.62 bits per heavy atom. The highest BCUT2D eigenvalue weighted by Gasteiger charge is 2.35. The summed E-state index contributed by atoms with van der Waals surface area (Å²) in [7, 11) is 1.25. The van der Waals surface area contributed by atoms with E-state index in [0.29, 0.717) is 10.7 Å². The number of imide groups is 1. The molecule has 1 aromatic carbocycles. The Morgan fingerprint density at radius 1 is 1.23 bits per heavy atom. The molecule has 1 aliphatic heterocycles. The fraction of sp³-hybridized carbons (Fsp3) is 0.167. The van der Waals surface area contributed by atoms with Crippen LogP contribution < -0.4 is 0 Å². The first-order valence-corrected chi connectivity index (χ1v) is 9.62. The van der Waals surface area contributed by atoms with Crippen LogP contribution in [0, 0.1) is 0 Å². The van der Waals surface area contributed by atoms with Gasteiger partial charge in [-0.2, -0.15) is 0 Å². The lowest BCUT2D eigenvalue weighted by molar-refractivity contribution is -0.123. The molecule has 0 unspecified atom stereocenters. The van der Waals surface area contributed by atoms with Gasteiger partial charge in [-0.15, -0.1) is 11.8 Å². The van der Waals surface area contributed by atoms with Crippen molar-refractivity contribution in [2.45, 2.75) is 11.4 Å². The standard InChI is InChI=1S/C18H15NO5S2/c1-23-17(21)14-8-5-12(24-14)10-19-16(20)15(26-18(19)22)9-11-3-6-13(25-2)7-4-11/h3-9H,10H2,1-2H3/b15-9+. The number of hydrogen-bond acceptors (Lipinski definition) is 7. The molecule has 0 N–H and O–H groups in total. The molecule has 2 aromatic rings. The first-order valence-electron chi connectivity index (χ1n) is 7.58. The minimum atomic E-state index is -0.612. The first kappa shape index (κ1) is 18.3. The van der Waals surface area contributed by atoms with E-state index in [2.05, 4.69) is 4.74 Å². The molecule has 1 aromatic heterocycles. The Hall–Kier alpha value is -2.45.